The van der Waals surface area contributed by atoms with Gasteiger partial charge in [-0.25, -0.2) is 4.79 Å². The number of esters is 1. The highest BCUT2D eigenvalue weighted by atomic mass is 16.5. The molecule has 6 heteroatoms. The number of hydrogen-bond acceptors (Lipinski definition) is 5. The van der Waals surface area contributed by atoms with E-state index < -0.39 is 5.97 Å². The van der Waals surface area contributed by atoms with Crippen LogP contribution in [-0.2, 0) is 9.47 Å². The second-order valence-corrected chi connectivity index (χ2v) is 7.34. The first-order valence-electron chi connectivity index (χ1n) is 9.35. The molecule has 1 aromatic rings. The van der Waals surface area contributed by atoms with E-state index in [0.717, 1.165) is 39.0 Å². The summed E-state index contributed by atoms with van der Waals surface area (Å²) < 4.78 is 10.5. The fraction of sp³-hybridized carbons (Fsp3) is 0.600. The van der Waals surface area contributed by atoms with Crippen LogP contribution >= 0.6 is 0 Å². The first-order valence-corrected chi connectivity index (χ1v) is 9.35. The van der Waals surface area contributed by atoms with Crippen LogP contribution in [0, 0.1) is 0 Å². The Hall–Kier alpha value is -1.92. The molecule has 0 aromatic heterocycles. The number of nitrogens with zero attached hydrogens (tertiary/aromatic N) is 2. The minimum atomic E-state index is -0.390. The maximum atomic E-state index is 12.9. The van der Waals surface area contributed by atoms with Crippen molar-refractivity contribution in [3.8, 4) is 0 Å². The van der Waals surface area contributed by atoms with E-state index >= 15 is 0 Å². The molecule has 3 rings (SSSR count). The molecule has 1 aromatic carbocycles. The molecule has 2 aliphatic rings. The van der Waals surface area contributed by atoms with Crippen molar-refractivity contribution in [2.45, 2.75) is 44.9 Å². The summed E-state index contributed by atoms with van der Waals surface area (Å²) >= 11 is 0. The van der Waals surface area contributed by atoms with Crippen molar-refractivity contribution in [2.24, 2.45) is 0 Å². The summed E-state index contributed by atoms with van der Waals surface area (Å²) in [6.07, 6.45) is 2.53. The summed E-state index contributed by atoms with van der Waals surface area (Å²) in [5.74, 6) is -0.350. The molecule has 2 fully saturated rings. The van der Waals surface area contributed by atoms with Crippen molar-refractivity contribution in [3.05, 3.63) is 35.4 Å². The van der Waals surface area contributed by atoms with Gasteiger partial charge < -0.3 is 14.4 Å². The zero-order valence-corrected chi connectivity index (χ0v) is 15.8. The van der Waals surface area contributed by atoms with Crippen LogP contribution in [0.1, 0.15) is 47.4 Å². The minimum Gasteiger partial charge on any atom is -0.465 e. The summed E-state index contributed by atoms with van der Waals surface area (Å²) in [5.41, 5.74) is 1.08. The zero-order chi connectivity index (χ0) is 18.7. The molecule has 2 saturated heterocycles. The Morgan fingerprint density at radius 3 is 2.35 bits per heavy atom. The molecular formula is C20H28N2O4. The number of hydrogen-bond donors (Lipinski definition) is 0. The van der Waals surface area contributed by atoms with Gasteiger partial charge in [-0.2, -0.15) is 0 Å². The number of ether oxygens (including phenoxy) is 2. The van der Waals surface area contributed by atoms with Crippen LogP contribution in [0.4, 0.5) is 0 Å². The lowest BCUT2D eigenvalue weighted by Crippen LogP contribution is -2.50. The van der Waals surface area contributed by atoms with Crippen LogP contribution in [-0.4, -0.2) is 73.2 Å². The van der Waals surface area contributed by atoms with Gasteiger partial charge in [0.25, 0.3) is 5.91 Å². The van der Waals surface area contributed by atoms with Crippen molar-refractivity contribution in [3.63, 3.8) is 0 Å². The molecule has 26 heavy (non-hydrogen) atoms. The summed E-state index contributed by atoms with van der Waals surface area (Å²) in [6, 6.07) is 6.96. The highest BCUT2D eigenvalue weighted by Gasteiger charge is 2.32. The van der Waals surface area contributed by atoms with Gasteiger partial charge in [-0.15, -0.1) is 0 Å². The van der Waals surface area contributed by atoms with Crippen molar-refractivity contribution in [1.82, 2.24) is 9.80 Å². The maximum Gasteiger partial charge on any atom is 0.337 e. The third-order valence-corrected chi connectivity index (χ3v) is 5.16. The van der Waals surface area contributed by atoms with Gasteiger partial charge >= 0.3 is 5.97 Å². The number of benzene rings is 1. The Kier molecular flexibility index (Phi) is 5.94. The SMILES string of the molecule is COC(=O)c1ccc(C(=O)N2CCC[C@@H]2CN2C[C@H](C)O[C@@H](C)C2)cc1. The fourth-order valence-corrected chi connectivity index (χ4v) is 4.06. The first kappa shape index (κ1) is 18.9. The van der Waals surface area contributed by atoms with Crippen LogP contribution in [0.3, 0.4) is 0 Å². The number of amides is 1. The summed E-state index contributed by atoms with van der Waals surface area (Å²) in [4.78, 5) is 28.9. The molecule has 3 atom stereocenters. The third kappa shape index (κ3) is 4.24. The lowest BCUT2D eigenvalue weighted by Gasteiger charge is -2.38. The predicted octanol–water partition coefficient (Wildman–Crippen LogP) is 2.19. The Labute approximate surface area is 155 Å². The van der Waals surface area contributed by atoms with Crippen molar-refractivity contribution >= 4 is 11.9 Å². The second-order valence-electron chi connectivity index (χ2n) is 7.34. The predicted molar refractivity (Wildman–Crippen MR) is 98.3 cm³/mol. The Bertz CT molecular complexity index is 636. The molecule has 1 amide bonds. The number of carbonyl (C=O) groups is 2. The van der Waals surface area contributed by atoms with Gasteiger partial charge in [-0.05, 0) is 51.0 Å². The van der Waals surface area contributed by atoms with E-state index in [9.17, 15) is 9.59 Å². The molecule has 2 heterocycles. The van der Waals surface area contributed by atoms with Gasteiger partial charge in [0.1, 0.15) is 0 Å². The Balaban J connectivity index is 1.65. The molecule has 0 bridgehead atoms. The van der Waals surface area contributed by atoms with E-state index in [1.807, 2.05) is 4.90 Å². The molecular weight excluding hydrogens is 332 g/mol. The van der Waals surface area contributed by atoms with Crippen LogP contribution in [0.25, 0.3) is 0 Å². The van der Waals surface area contributed by atoms with E-state index in [1.165, 1.54) is 7.11 Å². The fourth-order valence-electron chi connectivity index (χ4n) is 4.06. The summed E-state index contributed by atoms with van der Waals surface area (Å²) in [5, 5.41) is 0. The van der Waals surface area contributed by atoms with Crippen LogP contribution < -0.4 is 0 Å². The van der Waals surface area contributed by atoms with E-state index in [0.29, 0.717) is 11.1 Å². The molecule has 0 aliphatic carbocycles. The standard InChI is InChI=1S/C20H28N2O4/c1-14-11-21(12-15(2)26-14)13-18-5-4-10-22(18)19(23)16-6-8-17(9-7-16)20(24)25-3/h6-9,14-15,18H,4-5,10-13H2,1-3H3/t14-,15-,18+/m0/s1. The van der Waals surface area contributed by atoms with Gasteiger partial charge in [0.2, 0.25) is 0 Å². The van der Waals surface area contributed by atoms with Gasteiger partial charge in [0.05, 0.1) is 24.9 Å². The lowest BCUT2D eigenvalue weighted by atomic mass is 10.1. The van der Waals surface area contributed by atoms with Crippen molar-refractivity contribution < 1.29 is 19.1 Å². The van der Waals surface area contributed by atoms with E-state index in [2.05, 4.69) is 18.7 Å². The summed E-state index contributed by atoms with van der Waals surface area (Å²) in [7, 11) is 1.35. The smallest absolute Gasteiger partial charge is 0.337 e. The monoisotopic (exact) mass is 360 g/mol. The van der Waals surface area contributed by atoms with Crippen LogP contribution in [0.15, 0.2) is 24.3 Å². The number of rotatable bonds is 4. The van der Waals surface area contributed by atoms with Crippen LogP contribution in [0.2, 0.25) is 0 Å². The van der Waals surface area contributed by atoms with E-state index in [1.54, 1.807) is 24.3 Å². The quantitative estimate of drug-likeness (QED) is 0.771. The number of likely N-dealkylation sites (tertiary alicyclic amines) is 1. The molecule has 2 aliphatic heterocycles. The minimum absolute atomic E-state index is 0.0401. The normalized spacial score (nSPS) is 26.7. The van der Waals surface area contributed by atoms with E-state index in [-0.39, 0.29) is 24.2 Å². The largest absolute Gasteiger partial charge is 0.465 e. The lowest BCUT2D eigenvalue weighted by molar-refractivity contribution is -0.0715. The van der Waals surface area contributed by atoms with Gasteiger partial charge in [-0.3, -0.25) is 9.69 Å². The topological polar surface area (TPSA) is 59.1 Å². The van der Waals surface area contributed by atoms with Crippen molar-refractivity contribution in [1.29, 1.82) is 0 Å². The molecule has 0 N–H and O–H groups in total. The number of carbonyl (C=O) groups excluding carboxylic acids is 2. The zero-order valence-electron chi connectivity index (χ0n) is 15.8. The van der Waals surface area contributed by atoms with Gasteiger partial charge in [0, 0.05) is 37.8 Å². The maximum absolute atomic E-state index is 12.9. The molecule has 6 nitrogen and oxygen atoms in total. The third-order valence-electron chi connectivity index (χ3n) is 5.16. The molecule has 0 spiro atoms. The average Bonchev–Trinajstić information content (AvgIpc) is 3.07. The molecule has 142 valence electrons. The number of methoxy groups -OCH3 is 1. The average molecular weight is 360 g/mol. The Morgan fingerprint density at radius 1 is 1.12 bits per heavy atom. The second kappa shape index (κ2) is 8.18. The Morgan fingerprint density at radius 2 is 1.73 bits per heavy atom. The van der Waals surface area contributed by atoms with Crippen molar-refractivity contribution in [2.75, 3.05) is 33.3 Å². The number of morpholine rings is 1. The molecule has 0 saturated carbocycles. The van der Waals surface area contributed by atoms with Gasteiger partial charge in [0.15, 0.2) is 0 Å². The highest BCUT2D eigenvalue weighted by Crippen LogP contribution is 2.23. The van der Waals surface area contributed by atoms with Gasteiger partial charge in [-0.1, -0.05) is 0 Å². The first-order chi connectivity index (χ1) is 12.5. The highest BCUT2D eigenvalue weighted by molar-refractivity contribution is 5.96. The molecule has 0 radical (unpaired) electrons. The summed E-state index contributed by atoms with van der Waals surface area (Å²) in [6.45, 7) is 7.71. The van der Waals surface area contributed by atoms with Crippen LogP contribution in [0.5, 0.6) is 0 Å². The van der Waals surface area contributed by atoms with E-state index in [4.69, 9.17) is 9.47 Å². The molecule has 0 unspecified atom stereocenters.